The molecule has 2 aromatic carbocycles. The summed E-state index contributed by atoms with van der Waals surface area (Å²) < 4.78 is 32.9. The van der Waals surface area contributed by atoms with Crippen LogP contribution < -0.4 is 20.9 Å². The number of carbonyl (C=O) groups is 3. The SMILES string of the molecule is COC(=O)C1=C(CBr)NC(=O)NC1N(C(=O)CCNC1CCC(C#N)(c2ccccc2)CC1)c1ccc(F)c(F)c1. The molecule has 4 rings (SSSR count). The first-order chi connectivity index (χ1) is 19.7. The Morgan fingerprint density at radius 3 is 2.49 bits per heavy atom. The molecule has 1 fully saturated rings. The second-order valence-electron chi connectivity index (χ2n) is 9.92. The van der Waals surface area contributed by atoms with Crippen molar-refractivity contribution in [3.8, 4) is 6.07 Å². The third kappa shape index (κ3) is 6.57. The van der Waals surface area contributed by atoms with Crippen LogP contribution in [0.4, 0.5) is 19.3 Å². The third-order valence-electron chi connectivity index (χ3n) is 7.53. The molecule has 1 unspecified atom stereocenters. The average Bonchev–Trinajstić information content (AvgIpc) is 2.99. The van der Waals surface area contributed by atoms with E-state index in [-0.39, 0.29) is 41.3 Å². The molecular weight excluding hydrogens is 600 g/mol. The Balaban J connectivity index is 1.51. The number of allylic oxidation sites excluding steroid dienone is 1. The summed E-state index contributed by atoms with van der Waals surface area (Å²) in [7, 11) is 1.16. The molecule has 0 saturated heterocycles. The average molecular weight is 630 g/mol. The smallest absolute Gasteiger partial charge is 0.339 e. The molecule has 1 saturated carbocycles. The summed E-state index contributed by atoms with van der Waals surface area (Å²) in [6.45, 7) is 0.246. The van der Waals surface area contributed by atoms with E-state index in [4.69, 9.17) is 4.74 Å². The fourth-order valence-corrected chi connectivity index (χ4v) is 5.80. The van der Waals surface area contributed by atoms with E-state index in [0.717, 1.165) is 42.5 Å². The molecule has 0 aromatic heterocycles. The van der Waals surface area contributed by atoms with Gasteiger partial charge in [0.15, 0.2) is 11.6 Å². The van der Waals surface area contributed by atoms with Crippen LogP contribution in [0.1, 0.15) is 37.7 Å². The minimum Gasteiger partial charge on any atom is -0.465 e. The number of anilines is 1. The molecule has 1 heterocycles. The van der Waals surface area contributed by atoms with Crippen LogP contribution in [0.3, 0.4) is 0 Å². The van der Waals surface area contributed by atoms with Crippen LogP contribution in [-0.2, 0) is 19.7 Å². The lowest BCUT2D eigenvalue weighted by atomic mass is 9.69. The molecule has 3 amide bonds. The molecule has 1 aliphatic carbocycles. The molecule has 1 atom stereocenters. The summed E-state index contributed by atoms with van der Waals surface area (Å²) in [5.41, 5.74) is 0.521. The first kappa shape index (κ1) is 30.1. The van der Waals surface area contributed by atoms with Crippen LogP contribution >= 0.6 is 15.9 Å². The van der Waals surface area contributed by atoms with Crippen molar-refractivity contribution < 1.29 is 27.9 Å². The van der Waals surface area contributed by atoms with E-state index in [1.165, 1.54) is 6.07 Å². The molecular formula is C29H30BrF2N5O4. The molecule has 0 bridgehead atoms. The lowest BCUT2D eigenvalue weighted by molar-refractivity contribution is -0.136. The van der Waals surface area contributed by atoms with Gasteiger partial charge in [-0.15, -0.1) is 0 Å². The van der Waals surface area contributed by atoms with Gasteiger partial charge in [-0.1, -0.05) is 46.3 Å². The number of urea groups is 1. The van der Waals surface area contributed by atoms with Gasteiger partial charge in [-0.3, -0.25) is 9.69 Å². The Bertz CT molecular complexity index is 1370. The molecule has 216 valence electrons. The Morgan fingerprint density at radius 1 is 1.17 bits per heavy atom. The maximum absolute atomic E-state index is 14.3. The molecule has 3 N–H and O–H groups in total. The quantitative estimate of drug-likeness (QED) is 0.283. The fraction of sp³-hybridized carbons (Fsp3) is 0.379. The van der Waals surface area contributed by atoms with Gasteiger partial charge in [0, 0.05) is 41.8 Å². The molecule has 0 spiro atoms. The number of ether oxygens (including phenoxy) is 1. The van der Waals surface area contributed by atoms with E-state index in [9.17, 15) is 28.4 Å². The largest absolute Gasteiger partial charge is 0.465 e. The lowest BCUT2D eigenvalue weighted by Crippen LogP contribution is -2.60. The molecule has 12 heteroatoms. The van der Waals surface area contributed by atoms with Crippen LogP contribution in [-0.4, -0.2) is 49.1 Å². The third-order valence-corrected chi connectivity index (χ3v) is 8.09. The zero-order valence-corrected chi connectivity index (χ0v) is 24.0. The van der Waals surface area contributed by atoms with Crippen LogP contribution in [0, 0.1) is 23.0 Å². The highest BCUT2D eigenvalue weighted by Gasteiger charge is 2.40. The normalized spacial score (nSPS) is 22.3. The minimum atomic E-state index is -1.34. The van der Waals surface area contributed by atoms with Crippen molar-refractivity contribution in [2.75, 3.05) is 23.9 Å². The zero-order valence-electron chi connectivity index (χ0n) is 22.4. The van der Waals surface area contributed by atoms with Crippen LogP contribution in [0.25, 0.3) is 0 Å². The number of esters is 1. The van der Waals surface area contributed by atoms with Crippen molar-refractivity contribution in [2.24, 2.45) is 0 Å². The van der Waals surface area contributed by atoms with Crippen molar-refractivity contribution in [3.63, 3.8) is 0 Å². The van der Waals surface area contributed by atoms with Crippen molar-refractivity contribution in [3.05, 3.63) is 77.0 Å². The Kier molecular flexibility index (Phi) is 9.73. The summed E-state index contributed by atoms with van der Waals surface area (Å²) >= 11 is 3.23. The van der Waals surface area contributed by atoms with Crippen molar-refractivity contribution in [1.82, 2.24) is 16.0 Å². The van der Waals surface area contributed by atoms with Crippen molar-refractivity contribution in [2.45, 2.75) is 49.7 Å². The second-order valence-corrected chi connectivity index (χ2v) is 10.5. The van der Waals surface area contributed by atoms with Crippen molar-refractivity contribution in [1.29, 1.82) is 5.26 Å². The molecule has 0 radical (unpaired) electrons. The van der Waals surface area contributed by atoms with E-state index >= 15 is 0 Å². The lowest BCUT2D eigenvalue weighted by Gasteiger charge is -2.37. The first-order valence-corrected chi connectivity index (χ1v) is 14.3. The number of carbonyl (C=O) groups excluding carboxylic acids is 3. The van der Waals surface area contributed by atoms with E-state index in [1.807, 2.05) is 30.3 Å². The zero-order chi connectivity index (χ0) is 29.6. The fourth-order valence-electron chi connectivity index (χ4n) is 5.36. The number of benzene rings is 2. The number of nitrogens with zero attached hydrogens (tertiary/aromatic N) is 2. The Hall–Kier alpha value is -3.82. The van der Waals surface area contributed by atoms with Gasteiger partial charge in [-0.25, -0.2) is 18.4 Å². The molecule has 2 aliphatic rings. The summed E-state index contributed by atoms with van der Waals surface area (Å²) in [6.07, 6.45) is 1.40. The summed E-state index contributed by atoms with van der Waals surface area (Å²) in [4.78, 5) is 39.9. The van der Waals surface area contributed by atoms with Gasteiger partial charge in [-0.2, -0.15) is 5.26 Å². The predicted octanol–water partition coefficient (Wildman–Crippen LogP) is 4.14. The van der Waals surface area contributed by atoms with Gasteiger partial charge in [0.1, 0.15) is 11.7 Å². The molecule has 9 nitrogen and oxygen atoms in total. The topological polar surface area (TPSA) is 124 Å². The van der Waals surface area contributed by atoms with E-state index in [1.54, 1.807) is 0 Å². The maximum Gasteiger partial charge on any atom is 0.339 e. The number of halogens is 3. The number of hydrogen-bond donors (Lipinski definition) is 3. The Morgan fingerprint density at radius 2 is 1.88 bits per heavy atom. The Labute approximate surface area is 245 Å². The van der Waals surface area contributed by atoms with Gasteiger partial charge >= 0.3 is 12.0 Å². The standard InChI is InChI=1S/C29H30BrF2N5O4/c1-41-27(39)25-23(16-30)35-28(40)36-26(25)37(20-7-8-21(31)22(32)15-20)24(38)11-14-34-19-9-12-29(17-33,13-10-19)18-5-3-2-4-6-18/h2-8,15,19,26,34H,9-14,16H2,1H3,(H2,35,36,40). The summed E-state index contributed by atoms with van der Waals surface area (Å²) in [6, 6.07) is 14.5. The molecule has 2 aromatic rings. The monoisotopic (exact) mass is 629 g/mol. The summed E-state index contributed by atoms with van der Waals surface area (Å²) in [5.74, 6) is -3.65. The van der Waals surface area contributed by atoms with Crippen LogP contribution in [0.2, 0.25) is 0 Å². The highest BCUT2D eigenvalue weighted by molar-refractivity contribution is 9.09. The van der Waals surface area contributed by atoms with E-state index < -0.39 is 41.1 Å². The number of rotatable bonds is 9. The predicted molar refractivity (Wildman–Crippen MR) is 151 cm³/mol. The van der Waals surface area contributed by atoms with E-state index in [0.29, 0.717) is 12.8 Å². The minimum absolute atomic E-state index is 0.0456. The van der Waals surface area contributed by atoms with Crippen LogP contribution in [0.15, 0.2) is 59.8 Å². The molecule has 41 heavy (non-hydrogen) atoms. The van der Waals surface area contributed by atoms with Crippen LogP contribution in [0.5, 0.6) is 0 Å². The maximum atomic E-state index is 14.3. The summed E-state index contributed by atoms with van der Waals surface area (Å²) in [5, 5.41) is 18.4. The van der Waals surface area contributed by atoms with Gasteiger partial charge in [0.25, 0.3) is 0 Å². The van der Waals surface area contributed by atoms with Gasteiger partial charge < -0.3 is 20.7 Å². The second kappa shape index (κ2) is 13.2. The number of nitrogens with one attached hydrogen (secondary N) is 3. The van der Waals surface area contributed by atoms with Gasteiger partial charge in [0.05, 0.1) is 18.6 Å². The number of methoxy groups -OCH3 is 1. The van der Waals surface area contributed by atoms with Gasteiger partial charge in [-0.05, 0) is 43.4 Å². The highest BCUT2D eigenvalue weighted by atomic mass is 79.9. The number of amides is 3. The number of hydrogen-bond acceptors (Lipinski definition) is 6. The number of nitriles is 1. The van der Waals surface area contributed by atoms with Gasteiger partial charge in [0.2, 0.25) is 5.91 Å². The number of alkyl halides is 1. The molecule has 1 aliphatic heterocycles. The van der Waals surface area contributed by atoms with E-state index in [2.05, 4.69) is 37.9 Å². The first-order valence-electron chi connectivity index (χ1n) is 13.1. The highest BCUT2D eigenvalue weighted by Crippen LogP contribution is 2.39. The van der Waals surface area contributed by atoms with Crippen molar-refractivity contribution >= 4 is 39.5 Å².